The van der Waals surface area contributed by atoms with E-state index >= 15 is 0 Å². The molecule has 94 valence electrons. The van der Waals surface area contributed by atoms with Crippen LogP contribution in [0, 0.1) is 0 Å². The maximum atomic E-state index is 12.3. The van der Waals surface area contributed by atoms with Gasteiger partial charge in [0.2, 0.25) is 5.91 Å². The zero-order chi connectivity index (χ0) is 12.2. The number of nitrogens with two attached hydrogens (primary N) is 1. The van der Waals surface area contributed by atoms with Gasteiger partial charge in [0, 0.05) is 13.1 Å². The second-order valence-electron chi connectivity index (χ2n) is 5.38. The van der Waals surface area contributed by atoms with Gasteiger partial charge in [-0.05, 0) is 26.2 Å². The van der Waals surface area contributed by atoms with Crippen LogP contribution >= 0.6 is 0 Å². The molecule has 0 radical (unpaired) electrons. The predicted octanol–water partition coefficient (Wildman–Crippen LogP) is 2.29. The fourth-order valence-electron chi connectivity index (χ4n) is 2.66. The van der Waals surface area contributed by atoms with E-state index in [9.17, 15) is 4.79 Å². The number of carbonyl (C=O) groups excluding carboxylic acids is 1. The second-order valence-corrected chi connectivity index (χ2v) is 5.38. The Morgan fingerprint density at radius 2 is 1.94 bits per heavy atom. The van der Waals surface area contributed by atoms with Crippen molar-refractivity contribution in [1.29, 1.82) is 0 Å². The Morgan fingerprint density at radius 3 is 2.44 bits per heavy atom. The maximum Gasteiger partial charge on any atom is 0.242 e. The second kappa shape index (κ2) is 5.67. The van der Waals surface area contributed by atoms with E-state index in [1.165, 1.54) is 19.3 Å². The molecule has 0 aromatic heterocycles. The molecular formula is C13H26N2O. The largest absolute Gasteiger partial charge is 0.341 e. The summed E-state index contributed by atoms with van der Waals surface area (Å²) >= 11 is 0. The average Bonchev–Trinajstić information content (AvgIpc) is 2.28. The monoisotopic (exact) mass is 226 g/mol. The first-order chi connectivity index (χ1) is 7.49. The molecule has 3 nitrogen and oxygen atoms in total. The van der Waals surface area contributed by atoms with Crippen molar-refractivity contribution in [3.63, 3.8) is 0 Å². The van der Waals surface area contributed by atoms with Gasteiger partial charge in [-0.15, -0.1) is 0 Å². The summed E-state index contributed by atoms with van der Waals surface area (Å²) < 4.78 is 0. The molecule has 1 aliphatic rings. The standard InChI is InChI=1S/C13H26N2O/c1-4-10-13(2,14)12(16)15(3)11-8-6-5-7-9-11/h11H,4-10,14H2,1-3H3. The molecule has 0 aromatic carbocycles. The van der Waals surface area contributed by atoms with Gasteiger partial charge in [0.05, 0.1) is 5.54 Å². The van der Waals surface area contributed by atoms with Crippen molar-refractivity contribution >= 4 is 5.91 Å². The summed E-state index contributed by atoms with van der Waals surface area (Å²) in [7, 11) is 1.92. The highest BCUT2D eigenvalue weighted by Gasteiger charge is 2.33. The normalized spacial score (nSPS) is 21.5. The fraction of sp³-hybridized carbons (Fsp3) is 0.923. The summed E-state index contributed by atoms with van der Waals surface area (Å²) in [6, 6.07) is 0.418. The van der Waals surface area contributed by atoms with Gasteiger partial charge in [0.15, 0.2) is 0 Å². The predicted molar refractivity (Wildman–Crippen MR) is 67.1 cm³/mol. The minimum atomic E-state index is -0.680. The molecule has 0 bridgehead atoms. The molecule has 0 aliphatic heterocycles. The summed E-state index contributed by atoms with van der Waals surface area (Å²) in [5.74, 6) is 0.112. The van der Waals surface area contributed by atoms with Crippen LogP contribution in [0.4, 0.5) is 0 Å². The summed E-state index contributed by atoms with van der Waals surface area (Å²) in [5.41, 5.74) is 5.41. The van der Waals surface area contributed by atoms with Crippen LogP contribution in [0.15, 0.2) is 0 Å². The lowest BCUT2D eigenvalue weighted by atomic mass is 9.91. The van der Waals surface area contributed by atoms with Crippen LogP contribution in [0.5, 0.6) is 0 Å². The van der Waals surface area contributed by atoms with Gasteiger partial charge >= 0.3 is 0 Å². The van der Waals surface area contributed by atoms with E-state index in [0.717, 1.165) is 25.7 Å². The molecule has 0 saturated heterocycles. The van der Waals surface area contributed by atoms with E-state index < -0.39 is 5.54 Å². The van der Waals surface area contributed by atoms with E-state index in [4.69, 9.17) is 5.73 Å². The van der Waals surface area contributed by atoms with Crippen LogP contribution in [-0.2, 0) is 4.79 Å². The first-order valence-corrected chi connectivity index (χ1v) is 6.55. The summed E-state index contributed by atoms with van der Waals surface area (Å²) in [5, 5.41) is 0. The summed E-state index contributed by atoms with van der Waals surface area (Å²) in [4.78, 5) is 14.2. The number of carbonyl (C=O) groups is 1. The third-order valence-corrected chi connectivity index (χ3v) is 3.70. The number of hydrogen-bond acceptors (Lipinski definition) is 2. The zero-order valence-corrected chi connectivity index (χ0v) is 11.0. The molecule has 1 amide bonds. The topological polar surface area (TPSA) is 46.3 Å². The fourth-order valence-corrected chi connectivity index (χ4v) is 2.66. The van der Waals surface area contributed by atoms with Crippen LogP contribution < -0.4 is 5.73 Å². The molecule has 3 heteroatoms. The Labute approximate surface area is 99.4 Å². The molecule has 2 N–H and O–H groups in total. The number of amides is 1. The Kier molecular flexibility index (Phi) is 4.78. The molecule has 1 rings (SSSR count). The van der Waals surface area contributed by atoms with E-state index in [0.29, 0.717) is 6.04 Å². The van der Waals surface area contributed by atoms with Crippen molar-refractivity contribution in [3.05, 3.63) is 0 Å². The highest BCUT2D eigenvalue weighted by Crippen LogP contribution is 2.24. The van der Waals surface area contributed by atoms with E-state index in [2.05, 4.69) is 6.92 Å². The van der Waals surface area contributed by atoms with Gasteiger partial charge in [-0.25, -0.2) is 0 Å². The SMILES string of the molecule is CCCC(C)(N)C(=O)N(C)C1CCCCC1. The Balaban J connectivity index is 2.57. The van der Waals surface area contributed by atoms with Crippen LogP contribution in [0.1, 0.15) is 58.8 Å². The number of hydrogen-bond donors (Lipinski definition) is 1. The maximum absolute atomic E-state index is 12.3. The minimum absolute atomic E-state index is 0.112. The van der Waals surface area contributed by atoms with Gasteiger partial charge in [-0.2, -0.15) is 0 Å². The van der Waals surface area contributed by atoms with Gasteiger partial charge in [0.1, 0.15) is 0 Å². The molecule has 0 spiro atoms. The van der Waals surface area contributed by atoms with Crippen LogP contribution in [0.3, 0.4) is 0 Å². The molecule has 16 heavy (non-hydrogen) atoms. The van der Waals surface area contributed by atoms with Crippen molar-refractivity contribution < 1.29 is 4.79 Å². The molecule has 1 aliphatic carbocycles. The van der Waals surface area contributed by atoms with E-state index in [1.807, 2.05) is 18.9 Å². The molecule has 1 saturated carbocycles. The lowest BCUT2D eigenvalue weighted by molar-refractivity contribution is -0.138. The quantitative estimate of drug-likeness (QED) is 0.799. The Bertz CT molecular complexity index is 232. The molecule has 1 fully saturated rings. The van der Waals surface area contributed by atoms with Crippen molar-refractivity contribution in [1.82, 2.24) is 4.90 Å². The van der Waals surface area contributed by atoms with Gasteiger partial charge in [-0.1, -0.05) is 32.6 Å². The number of nitrogens with zero attached hydrogens (tertiary/aromatic N) is 1. The molecule has 1 atom stereocenters. The Hall–Kier alpha value is -0.570. The smallest absolute Gasteiger partial charge is 0.242 e. The first kappa shape index (κ1) is 13.5. The average molecular weight is 226 g/mol. The van der Waals surface area contributed by atoms with E-state index in [-0.39, 0.29) is 5.91 Å². The van der Waals surface area contributed by atoms with Crippen molar-refractivity contribution in [3.8, 4) is 0 Å². The third-order valence-electron chi connectivity index (χ3n) is 3.70. The van der Waals surface area contributed by atoms with Gasteiger partial charge in [-0.3, -0.25) is 4.79 Å². The lowest BCUT2D eigenvalue weighted by Gasteiger charge is -2.36. The number of likely N-dealkylation sites (N-methyl/N-ethyl adjacent to an activating group) is 1. The molecule has 0 heterocycles. The van der Waals surface area contributed by atoms with Crippen LogP contribution in [0.2, 0.25) is 0 Å². The first-order valence-electron chi connectivity index (χ1n) is 6.55. The molecular weight excluding hydrogens is 200 g/mol. The van der Waals surface area contributed by atoms with E-state index in [1.54, 1.807) is 0 Å². The minimum Gasteiger partial charge on any atom is -0.341 e. The van der Waals surface area contributed by atoms with Crippen LogP contribution in [-0.4, -0.2) is 29.4 Å². The van der Waals surface area contributed by atoms with Crippen LogP contribution in [0.25, 0.3) is 0 Å². The molecule has 0 aromatic rings. The van der Waals surface area contributed by atoms with Gasteiger partial charge in [0.25, 0.3) is 0 Å². The van der Waals surface area contributed by atoms with Crippen molar-refractivity contribution in [2.45, 2.75) is 70.4 Å². The highest BCUT2D eigenvalue weighted by molar-refractivity contribution is 5.85. The zero-order valence-electron chi connectivity index (χ0n) is 11.0. The third kappa shape index (κ3) is 3.21. The Morgan fingerprint density at radius 1 is 1.38 bits per heavy atom. The van der Waals surface area contributed by atoms with Gasteiger partial charge < -0.3 is 10.6 Å². The molecule has 1 unspecified atom stereocenters. The summed E-state index contributed by atoms with van der Waals surface area (Å²) in [6.45, 7) is 3.93. The van der Waals surface area contributed by atoms with Crippen molar-refractivity contribution in [2.75, 3.05) is 7.05 Å². The number of rotatable bonds is 4. The lowest BCUT2D eigenvalue weighted by Crippen LogP contribution is -2.54. The summed E-state index contributed by atoms with van der Waals surface area (Å²) in [6.07, 6.45) is 7.82. The van der Waals surface area contributed by atoms with Crippen molar-refractivity contribution in [2.24, 2.45) is 5.73 Å². The highest BCUT2D eigenvalue weighted by atomic mass is 16.2.